The summed E-state index contributed by atoms with van der Waals surface area (Å²) in [6, 6.07) is 0. The third-order valence-electron chi connectivity index (χ3n) is 4.59. The Hall–Kier alpha value is -0.370. The Bertz CT molecular complexity index is 246. The summed E-state index contributed by atoms with van der Waals surface area (Å²) >= 11 is 0. The van der Waals surface area contributed by atoms with E-state index in [4.69, 9.17) is 5.73 Å². The van der Waals surface area contributed by atoms with Gasteiger partial charge in [-0.05, 0) is 19.3 Å². The lowest BCUT2D eigenvalue weighted by atomic mass is 9.96. The van der Waals surface area contributed by atoms with Crippen molar-refractivity contribution in [2.75, 3.05) is 6.54 Å². The molecule has 2 nitrogen and oxygen atoms in total. The molecule has 1 aliphatic rings. The number of hydrogen-bond acceptors (Lipinski definition) is 2. The maximum Gasteiger partial charge on any atom is 0.140 e. The first-order chi connectivity index (χ1) is 9.25. The number of Topliss-reactive ketones (excluding diaryl/α,β-unsaturated/α-hetero) is 1. The van der Waals surface area contributed by atoms with Gasteiger partial charge in [-0.1, -0.05) is 64.7 Å². The number of rotatable bonds is 13. The molecule has 0 aliphatic heterocycles. The number of carbonyl (C=O) groups is 1. The number of carbonyl (C=O) groups excluding carboxylic acids is 1. The molecule has 112 valence electrons. The van der Waals surface area contributed by atoms with Gasteiger partial charge in [-0.2, -0.15) is 0 Å². The zero-order chi connectivity index (χ0) is 14.0. The van der Waals surface area contributed by atoms with Crippen LogP contribution in [0.5, 0.6) is 0 Å². The molecule has 1 aliphatic carbocycles. The lowest BCUT2D eigenvalue weighted by Gasteiger charge is -2.10. The van der Waals surface area contributed by atoms with Gasteiger partial charge in [0.1, 0.15) is 5.78 Å². The van der Waals surface area contributed by atoms with Crippen LogP contribution in [-0.2, 0) is 4.79 Å². The SMILES string of the molecule is CCCCCCCCCCCCC(=O)C1(CN)CC1. The van der Waals surface area contributed by atoms with E-state index >= 15 is 0 Å². The minimum atomic E-state index is -0.0702. The smallest absolute Gasteiger partial charge is 0.140 e. The minimum Gasteiger partial charge on any atom is -0.329 e. The number of ketones is 1. The van der Waals surface area contributed by atoms with Gasteiger partial charge in [0.25, 0.3) is 0 Å². The Labute approximate surface area is 119 Å². The normalized spacial score (nSPS) is 16.5. The molecule has 1 rings (SSSR count). The van der Waals surface area contributed by atoms with Crippen LogP contribution in [0.15, 0.2) is 0 Å². The van der Waals surface area contributed by atoms with Crippen LogP contribution in [-0.4, -0.2) is 12.3 Å². The molecule has 1 fully saturated rings. The highest BCUT2D eigenvalue weighted by atomic mass is 16.1. The van der Waals surface area contributed by atoms with E-state index in [-0.39, 0.29) is 5.41 Å². The van der Waals surface area contributed by atoms with E-state index in [2.05, 4.69) is 6.92 Å². The van der Waals surface area contributed by atoms with Gasteiger partial charge in [-0.3, -0.25) is 4.79 Å². The second-order valence-corrected chi connectivity index (χ2v) is 6.34. The number of nitrogens with two attached hydrogens (primary N) is 1. The topological polar surface area (TPSA) is 43.1 Å². The molecule has 0 atom stereocenters. The summed E-state index contributed by atoms with van der Waals surface area (Å²) in [4.78, 5) is 11.9. The van der Waals surface area contributed by atoms with Gasteiger partial charge in [-0.25, -0.2) is 0 Å². The van der Waals surface area contributed by atoms with Gasteiger partial charge in [0, 0.05) is 18.4 Å². The van der Waals surface area contributed by atoms with Crippen LogP contribution in [0.25, 0.3) is 0 Å². The van der Waals surface area contributed by atoms with E-state index < -0.39 is 0 Å². The molecule has 0 amide bonds. The predicted molar refractivity (Wildman–Crippen MR) is 82.2 cm³/mol. The van der Waals surface area contributed by atoms with E-state index in [9.17, 15) is 4.79 Å². The van der Waals surface area contributed by atoms with Gasteiger partial charge >= 0.3 is 0 Å². The highest BCUT2D eigenvalue weighted by Gasteiger charge is 2.47. The van der Waals surface area contributed by atoms with Gasteiger partial charge < -0.3 is 5.73 Å². The summed E-state index contributed by atoms with van der Waals surface area (Å²) in [6.07, 6.45) is 16.1. The highest BCUT2D eigenvalue weighted by molar-refractivity contribution is 5.87. The maximum atomic E-state index is 11.9. The zero-order valence-electron chi connectivity index (χ0n) is 12.9. The average Bonchev–Trinajstić information content (AvgIpc) is 3.22. The first-order valence-electron chi connectivity index (χ1n) is 8.48. The lowest BCUT2D eigenvalue weighted by molar-refractivity contribution is -0.123. The van der Waals surface area contributed by atoms with E-state index in [0.717, 1.165) is 25.7 Å². The second kappa shape index (κ2) is 9.52. The van der Waals surface area contributed by atoms with Crippen LogP contribution >= 0.6 is 0 Å². The third-order valence-corrected chi connectivity index (χ3v) is 4.59. The van der Waals surface area contributed by atoms with E-state index in [1.54, 1.807) is 0 Å². The fourth-order valence-corrected chi connectivity index (χ4v) is 2.79. The highest BCUT2D eigenvalue weighted by Crippen LogP contribution is 2.46. The van der Waals surface area contributed by atoms with E-state index in [1.165, 1.54) is 57.8 Å². The molecule has 0 aromatic rings. The molecule has 19 heavy (non-hydrogen) atoms. The molecule has 0 spiro atoms. The summed E-state index contributed by atoms with van der Waals surface area (Å²) < 4.78 is 0. The molecular weight excluding hydrogens is 234 g/mol. The average molecular weight is 267 g/mol. The largest absolute Gasteiger partial charge is 0.329 e. The molecule has 0 aromatic heterocycles. The van der Waals surface area contributed by atoms with Crippen molar-refractivity contribution in [2.24, 2.45) is 11.1 Å². The van der Waals surface area contributed by atoms with Crippen molar-refractivity contribution in [3.8, 4) is 0 Å². The Kier molecular flexibility index (Phi) is 8.36. The molecule has 0 unspecified atom stereocenters. The molecule has 2 N–H and O–H groups in total. The van der Waals surface area contributed by atoms with E-state index in [0.29, 0.717) is 12.3 Å². The van der Waals surface area contributed by atoms with Crippen molar-refractivity contribution in [2.45, 2.75) is 90.4 Å². The van der Waals surface area contributed by atoms with Gasteiger partial charge in [0.2, 0.25) is 0 Å². The minimum absolute atomic E-state index is 0.0702. The Morgan fingerprint density at radius 2 is 1.37 bits per heavy atom. The number of hydrogen-bond donors (Lipinski definition) is 1. The maximum absolute atomic E-state index is 11.9. The summed E-state index contributed by atoms with van der Waals surface area (Å²) in [5.41, 5.74) is 5.60. The van der Waals surface area contributed by atoms with Crippen molar-refractivity contribution in [3.05, 3.63) is 0 Å². The standard InChI is InChI=1S/C17H33NO/c1-2-3-4-5-6-7-8-9-10-11-12-16(19)17(15-18)13-14-17/h2-15,18H2,1H3. The summed E-state index contributed by atoms with van der Waals surface area (Å²) in [6.45, 7) is 2.83. The van der Waals surface area contributed by atoms with Gasteiger partial charge in [0.15, 0.2) is 0 Å². The molecule has 0 aromatic carbocycles. The van der Waals surface area contributed by atoms with Gasteiger partial charge in [-0.15, -0.1) is 0 Å². The van der Waals surface area contributed by atoms with Gasteiger partial charge in [0.05, 0.1) is 0 Å². The summed E-state index contributed by atoms with van der Waals surface area (Å²) in [7, 11) is 0. The fraction of sp³-hybridized carbons (Fsp3) is 0.941. The van der Waals surface area contributed by atoms with Crippen molar-refractivity contribution < 1.29 is 4.79 Å². The second-order valence-electron chi connectivity index (χ2n) is 6.34. The van der Waals surface area contributed by atoms with Crippen LogP contribution in [0.1, 0.15) is 90.4 Å². The summed E-state index contributed by atoms with van der Waals surface area (Å²) in [5.74, 6) is 0.439. The van der Waals surface area contributed by atoms with Crippen LogP contribution in [0.4, 0.5) is 0 Å². The Morgan fingerprint density at radius 1 is 0.895 bits per heavy atom. The van der Waals surface area contributed by atoms with Crippen molar-refractivity contribution >= 4 is 5.78 Å². The Balaban J connectivity index is 1.82. The lowest BCUT2D eigenvalue weighted by Crippen LogP contribution is -2.25. The number of unbranched alkanes of at least 4 members (excludes halogenated alkanes) is 9. The van der Waals surface area contributed by atoms with Crippen LogP contribution in [0, 0.1) is 5.41 Å². The molecule has 0 saturated heterocycles. The zero-order valence-corrected chi connectivity index (χ0v) is 12.9. The Morgan fingerprint density at radius 3 is 1.79 bits per heavy atom. The molecule has 0 heterocycles. The molecule has 2 heteroatoms. The predicted octanol–water partition coefficient (Wildman–Crippen LogP) is 4.61. The monoisotopic (exact) mass is 267 g/mol. The third kappa shape index (κ3) is 6.56. The molecule has 0 radical (unpaired) electrons. The molecule has 0 bridgehead atoms. The van der Waals surface area contributed by atoms with Crippen molar-refractivity contribution in [1.82, 2.24) is 0 Å². The molecule has 1 saturated carbocycles. The first-order valence-corrected chi connectivity index (χ1v) is 8.48. The molecular formula is C17H33NO. The first kappa shape index (κ1) is 16.7. The fourth-order valence-electron chi connectivity index (χ4n) is 2.79. The van der Waals surface area contributed by atoms with Crippen LogP contribution in [0.3, 0.4) is 0 Å². The quantitative estimate of drug-likeness (QED) is 0.495. The van der Waals surface area contributed by atoms with Crippen molar-refractivity contribution in [3.63, 3.8) is 0 Å². The summed E-state index contributed by atoms with van der Waals surface area (Å²) in [5, 5.41) is 0. The van der Waals surface area contributed by atoms with Crippen LogP contribution < -0.4 is 5.73 Å². The van der Waals surface area contributed by atoms with E-state index in [1.807, 2.05) is 0 Å². The van der Waals surface area contributed by atoms with Crippen molar-refractivity contribution in [1.29, 1.82) is 0 Å². The van der Waals surface area contributed by atoms with Crippen LogP contribution in [0.2, 0.25) is 0 Å².